The minimum atomic E-state index is -0.143. The molecule has 0 spiro atoms. The van der Waals surface area contributed by atoms with Crippen LogP contribution in [0, 0.1) is 0 Å². The van der Waals surface area contributed by atoms with Gasteiger partial charge in [-0.15, -0.1) is 0 Å². The first-order chi connectivity index (χ1) is 12.3. The third kappa shape index (κ3) is 3.74. The molecule has 26 heavy (non-hydrogen) atoms. The van der Waals surface area contributed by atoms with E-state index in [1.54, 1.807) is 6.20 Å². The van der Waals surface area contributed by atoms with E-state index in [1.807, 2.05) is 33.8 Å². The van der Waals surface area contributed by atoms with Gasteiger partial charge in [-0.2, -0.15) is 5.10 Å². The second-order valence-electron chi connectivity index (χ2n) is 8.16. The van der Waals surface area contributed by atoms with Crippen molar-refractivity contribution in [3.05, 3.63) is 41.9 Å². The Morgan fingerprint density at radius 3 is 2.31 bits per heavy atom. The molecular weight excluding hydrogens is 326 g/mol. The number of piperazine rings is 1. The lowest BCUT2D eigenvalue weighted by atomic mass is 10.1. The first-order valence-electron chi connectivity index (χ1n) is 9.33. The van der Waals surface area contributed by atoms with E-state index in [0.717, 1.165) is 24.6 Å². The lowest BCUT2D eigenvalue weighted by molar-refractivity contribution is 0.0739. The number of hydrogen-bond acceptors (Lipinski definition) is 4. The maximum absolute atomic E-state index is 13.0. The number of carbonyl (C=O) groups excluding carboxylic acids is 1. The van der Waals surface area contributed by atoms with Crippen LogP contribution in [0.2, 0.25) is 0 Å². The van der Waals surface area contributed by atoms with Gasteiger partial charge in [-0.3, -0.25) is 9.48 Å². The van der Waals surface area contributed by atoms with Crippen LogP contribution >= 0.6 is 0 Å². The molecule has 1 aliphatic rings. The van der Waals surface area contributed by atoms with Gasteiger partial charge in [0.05, 0.1) is 5.54 Å². The van der Waals surface area contributed by atoms with Gasteiger partial charge in [0.1, 0.15) is 5.82 Å². The van der Waals surface area contributed by atoms with Crippen molar-refractivity contribution in [2.24, 2.45) is 0 Å². The molecule has 3 rings (SSSR count). The van der Waals surface area contributed by atoms with Gasteiger partial charge in [0.15, 0.2) is 5.69 Å². The normalized spacial score (nSPS) is 15.6. The number of pyridine rings is 1. The summed E-state index contributed by atoms with van der Waals surface area (Å²) in [5, 5.41) is 4.65. The first-order valence-corrected chi connectivity index (χ1v) is 9.33. The molecule has 0 atom stereocenters. The summed E-state index contributed by atoms with van der Waals surface area (Å²) in [6.45, 7) is 13.6. The molecule has 0 unspecified atom stereocenters. The van der Waals surface area contributed by atoms with E-state index < -0.39 is 0 Å². The quantitative estimate of drug-likeness (QED) is 0.849. The van der Waals surface area contributed by atoms with Crippen LogP contribution in [0.15, 0.2) is 30.5 Å². The molecule has 0 aromatic carbocycles. The summed E-state index contributed by atoms with van der Waals surface area (Å²) in [7, 11) is 0. The highest BCUT2D eigenvalue weighted by molar-refractivity contribution is 5.92. The summed E-state index contributed by atoms with van der Waals surface area (Å²) in [6, 6.07) is 7.88. The summed E-state index contributed by atoms with van der Waals surface area (Å²) in [6.07, 6.45) is 1.81. The van der Waals surface area contributed by atoms with Crippen molar-refractivity contribution in [2.45, 2.75) is 46.1 Å². The molecule has 0 N–H and O–H groups in total. The Kier molecular flexibility index (Phi) is 5.03. The van der Waals surface area contributed by atoms with E-state index in [1.165, 1.54) is 0 Å². The Bertz CT molecular complexity index is 752. The SMILES string of the molecule is CC(C)c1cc(C(=O)N2CCN(c3ccccn3)CC2)nn1C(C)(C)C. The van der Waals surface area contributed by atoms with Gasteiger partial charge >= 0.3 is 0 Å². The highest BCUT2D eigenvalue weighted by Crippen LogP contribution is 2.24. The molecule has 0 aliphatic carbocycles. The van der Waals surface area contributed by atoms with E-state index in [2.05, 4.69) is 49.6 Å². The third-order valence-corrected chi connectivity index (χ3v) is 4.72. The zero-order valence-electron chi connectivity index (χ0n) is 16.4. The summed E-state index contributed by atoms with van der Waals surface area (Å²) in [5.74, 6) is 1.32. The number of rotatable bonds is 3. The number of carbonyl (C=O) groups is 1. The molecule has 1 fully saturated rings. The Balaban J connectivity index is 1.73. The van der Waals surface area contributed by atoms with E-state index in [0.29, 0.717) is 24.7 Å². The standard InChI is InChI=1S/C20H29N5O/c1-15(2)17-14-16(22-25(17)20(3,4)5)19(26)24-12-10-23(11-13-24)18-8-6-7-9-21-18/h6-9,14-15H,10-13H2,1-5H3. The molecule has 1 saturated heterocycles. The van der Waals surface area contributed by atoms with Gasteiger partial charge in [0.25, 0.3) is 5.91 Å². The van der Waals surface area contributed by atoms with Crippen LogP contribution in [0.5, 0.6) is 0 Å². The summed E-state index contributed by atoms with van der Waals surface area (Å²) in [4.78, 5) is 21.5. The minimum absolute atomic E-state index is 0.0237. The lowest BCUT2D eigenvalue weighted by Crippen LogP contribution is -2.49. The number of hydrogen-bond donors (Lipinski definition) is 0. The summed E-state index contributed by atoms with van der Waals surface area (Å²) < 4.78 is 2.00. The molecule has 0 saturated carbocycles. The second-order valence-corrected chi connectivity index (χ2v) is 8.16. The van der Waals surface area contributed by atoms with Gasteiger partial charge in [-0.25, -0.2) is 4.98 Å². The van der Waals surface area contributed by atoms with Crippen LogP contribution in [0.4, 0.5) is 5.82 Å². The Morgan fingerprint density at radius 2 is 1.81 bits per heavy atom. The van der Waals surface area contributed by atoms with Crippen molar-refractivity contribution in [1.82, 2.24) is 19.7 Å². The molecule has 1 amide bonds. The number of anilines is 1. The van der Waals surface area contributed by atoms with E-state index in [4.69, 9.17) is 0 Å². The molecule has 1 aliphatic heterocycles. The van der Waals surface area contributed by atoms with Crippen molar-refractivity contribution in [2.75, 3.05) is 31.1 Å². The molecule has 3 heterocycles. The third-order valence-electron chi connectivity index (χ3n) is 4.72. The topological polar surface area (TPSA) is 54.3 Å². The van der Waals surface area contributed by atoms with Gasteiger partial charge in [0.2, 0.25) is 0 Å². The number of amides is 1. The Hall–Kier alpha value is -2.37. The van der Waals surface area contributed by atoms with Crippen molar-refractivity contribution in [1.29, 1.82) is 0 Å². The predicted molar refractivity (Wildman–Crippen MR) is 104 cm³/mol. The smallest absolute Gasteiger partial charge is 0.274 e. The highest BCUT2D eigenvalue weighted by Gasteiger charge is 2.28. The second kappa shape index (κ2) is 7.09. The first kappa shape index (κ1) is 18.4. The van der Waals surface area contributed by atoms with Crippen molar-refractivity contribution >= 4 is 11.7 Å². The van der Waals surface area contributed by atoms with E-state index in [-0.39, 0.29) is 11.4 Å². The average molecular weight is 355 g/mol. The molecule has 6 nitrogen and oxygen atoms in total. The molecule has 2 aromatic rings. The summed E-state index contributed by atoms with van der Waals surface area (Å²) in [5.41, 5.74) is 1.51. The van der Waals surface area contributed by atoms with E-state index in [9.17, 15) is 4.79 Å². The summed E-state index contributed by atoms with van der Waals surface area (Å²) >= 11 is 0. The molecular formula is C20H29N5O. The largest absolute Gasteiger partial charge is 0.353 e. The highest BCUT2D eigenvalue weighted by atomic mass is 16.2. The maximum atomic E-state index is 13.0. The van der Waals surface area contributed by atoms with Crippen LogP contribution in [-0.4, -0.2) is 51.8 Å². The van der Waals surface area contributed by atoms with Crippen LogP contribution in [0.1, 0.15) is 56.7 Å². The van der Waals surface area contributed by atoms with Crippen molar-refractivity contribution in [3.8, 4) is 0 Å². The lowest BCUT2D eigenvalue weighted by Gasteiger charge is -2.35. The monoisotopic (exact) mass is 355 g/mol. The molecule has 0 bridgehead atoms. The number of aromatic nitrogens is 3. The fraction of sp³-hybridized carbons (Fsp3) is 0.550. The van der Waals surface area contributed by atoms with Crippen LogP contribution in [0.3, 0.4) is 0 Å². The maximum Gasteiger partial charge on any atom is 0.274 e. The zero-order chi connectivity index (χ0) is 18.9. The molecule has 6 heteroatoms. The fourth-order valence-corrected chi connectivity index (χ4v) is 3.29. The molecule has 0 radical (unpaired) electrons. The zero-order valence-corrected chi connectivity index (χ0v) is 16.4. The van der Waals surface area contributed by atoms with Crippen LogP contribution < -0.4 is 4.90 Å². The Morgan fingerprint density at radius 1 is 1.12 bits per heavy atom. The van der Waals surface area contributed by atoms with Crippen LogP contribution in [-0.2, 0) is 5.54 Å². The van der Waals surface area contributed by atoms with Gasteiger partial charge < -0.3 is 9.80 Å². The van der Waals surface area contributed by atoms with E-state index >= 15 is 0 Å². The van der Waals surface area contributed by atoms with Crippen molar-refractivity contribution in [3.63, 3.8) is 0 Å². The van der Waals surface area contributed by atoms with Crippen LogP contribution in [0.25, 0.3) is 0 Å². The number of nitrogens with zero attached hydrogens (tertiary/aromatic N) is 5. The van der Waals surface area contributed by atoms with Gasteiger partial charge in [-0.1, -0.05) is 19.9 Å². The minimum Gasteiger partial charge on any atom is -0.353 e. The predicted octanol–water partition coefficient (Wildman–Crippen LogP) is 3.12. The van der Waals surface area contributed by atoms with Gasteiger partial charge in [0, 0.05) is 38.1 Å². The molecule has 140 valence electrons. The Labute approximate surface area is 155 Å². The van der Waals surface area contributed by atoms with Crippen molar-refractivity contribution < 1.29 is 4.79 Å². The molecule has 2 aromatic heterocycles. The average Bonchev–Trinajstić information content (AvgIpc) is 3.08. The fourth-order valence-electron chi connectivity index (χ4n) is 3.29. The van der Waals surface area contributed by atoms with Gasteiger partial charge in [-0.05, 0) is 44.9 Å².